The number of phenolic OH excluding ortho intramolecular Hbond substituents is 1. The van der Waals surface area contributed by atoms with Gasteiger partial charge in [-0.15, -0.1) is 11.3 Å². The normalized spacial score (nSPS) is 10.5. The molecule has 1 amide bonds. The van der Waals surface area contributed by atoms with Crippen molar-refractivity contribution in [2.75, 3.05) is 7.05 Å². The van der Waals surface area contributed by atoms with E-state index in [1.165, 1.54) is 28.4 Å². The van der Waals surface area contributed by atoms with Crippen LogP contribution in [-0.4, -0.2) is 23.0 Å². The highest BCUT2D eigenvalue weighted by molar-refractivity contribution is 7.16. The smallest absolute Gasteiger partial charge is 0.257 e. The highest BCUT2D eigenvalue weighted by Gasteiger charge is 2.16. The van der Waals surface area contributed by atoms with Crippen molar-refractivity contribution in [3.05, 3.63) is 50.1 Å². The lowest BCUT2D eigenvalue weighted by Crippen LogP contribution is -2.25. The molecule has 0 aliphatic heterocycles. The van der Waals surface area contributed by atoms with E-state index in [0.717, 1.165) is 4.88 Å². The standard InChI is InChI=1S/C13H11Cl2NO2S/c1-16(7-9-3-5-12(15)19-9)13(18)10-4-2-8(14)6-11(10)17/h2-6,17H,7H2,1H3. The summed E-state index contributed by atoms with van der Waals surface area (Å²) in [4.78, 5) is 14.7. The number of nitrogens with zero attached hydrogens (tertiary/aromatic N) is 1. The van der Waals surface area contributed by atoms with E-state index in [2.05, 4.69) is 0 Å². The van der Waals surface area contributed by atoms with Crippen molar-refractivity contribution in [3.8, 4) is 5.75 Å². The maximum Gasteiger partial charge on any atom is 0.257 e. The van der Waals surface area contributed by atoms with Crippen LogP contribution >= 0.6 is 34.5 Å². The van der Waals surface area contributed by atoms with E-state index in [9.17, 15) is 9.90 Å². The molecule has 0 saturated carbocycles. The quantitative estimate of drug-likeness (QED) is 0.928. The predicted molar refractivity (Wildman–Crippen MR) is 78.2 cm³/mol. The first-order chi connectivity index (χ1) is 8.97. The molecule has 0 spiro atoms. The lowest BCUT2D eigenvalue weighted by molar-refractivity contribution is 0.0783. The molecule has 1 N–H and O–H groups in total. The third-order valence-electron chi connectivity index (χ3n) is 2.56. The van der Waals surface area contributed by atoms with Gasteiger partial charge in [-0.2, -0.15) is 0 Å². The third kappa shape index (κ3) is 3.41. The summed E-state index contributed by atoms with van der Waals surface area (Å²) in [5.74, 6) is -0.382. The minimum atomic E-state index is -0.265. The molecule has 19 heavy (non-hydrogen) atoms. The lowest BCUT2D eigenvalue weighted by atomic mass is 10.2. The summed E-state index contributed by atoms with van der Waals surface area (Å²) < 4.78 is 0.685. The van der Waals surface area contributed by atoms with Crippen LogP contribution in [0, 0.1) is 0 Å². The molecule has 6 heteroatoms. The summed E-state index contributed by atoms with van der Waals surface area (Å²) in [5.41, 5.74) is 0.231. The average Bonchev–Trinajstić information content (AvgIpc) is 2.74. The van der Waals surface area contributed by atoms with Gasteiger partial charge >= 0.3 is 0 Å². The van der Waals surface area contributed by atoms with Gasteiger partial charge < -0.3 is 10.0 Å². The molecular formula is C13H11Cl2NO2S. The number of carbonyl (C=O) groups excluding carboxylic acids is 1. The Hall–Kier alpha value is -1.23. The number of hydrogen-bond acceptors (Lipinski definition) is 3. The predicted octanol–water partition coefficient (Wildman–Crippen LogP) is 4.03. The number of rotatable bonds is 3. The van der Waals surface area contributed by atoms with Crippen molar-refractivity contribution in [3.63, 3.8) is 0 Å². The molecule has 100 valence electrons. The Kier molecular flexibility index (Phi) is 4.34. The van der Waals surface area contributed by atoms with Crippen LogP contribution in [0.15, 0.2) is 30.3 Å². The summed E-state index contributed by atoms with van der Waals surface area (Å²) in [7, 11) is 1.67. The Bertz CT molecular complexity index is 612. The number of amides is 1. The molecule has 2 aromatic rings. The zero-order valence-electron chi connectivity index (χ0n) is 10.1. The minimum Gasteiger partial charge on any atom is -0.507 e. The number of thiophene rings is 1. The second kappa shape index (κ2) is 5.82. The molecule has 0 bridgehead atoms. The van der Waals surface area contributed by atoms with Gasteiger partial charge in [0, 0.05) is 16.9 Å². The molecule has 0 aliphatic carbocycles. The highest BCUT2D eigenvalue weighted by Crippen LogP contribution is 2.25. The summed E-state index contributed by atoms with van der Waals surface area (Å²) in [6.45, 7) is 0.443. The Morgan fingerprint density at radius 3 is 2.63 bits per heavy atom. The summed E-state index contributed by atoms with van der Waals surface area (Å²) in [6.07, 6.45) is 0. The van der Waals surface area contributed by atoms with Gasteiger partial charge in [0.25, 0.3) is 5.91 Å². The van der Waals surface area contributed by atoms with E-state index in [-0.39, 0.29) is 17.2 Å². The SMILES string of the molecule is CN(Cc1ccc(Cl)s1)C(=O)c1ccc(Cl)cc1O. The van der Waals surface area contributed by atoms with Gasteiger partial charge in [0.1, 0.15) is 5.75 Å². The van der Waals surface area contributed by atoms with Crippen LogP contribution < -0.4 is 0 Å². The van der Waals surface area contributed by atoms with Crippen LogP contribution in [0.4, 0.5) is 0 Å². The van der Waals surface area contributed by atoms with Gasteiger partial charge in [-0.25, -0.2) is 0 Å². The third-order valence-corrected chi connectivity index (χ3v) is 4.01. The first-order valence-corrected chi connectivity index (χ1v) is 7.03. The van der Waals surface area contributed by atoms with E-state index in [1.54, 1.807) is 19.2 Å². The van der Waals surface area contributed by atoms with E-state index in [4.69, 9.17) is 23.2 Å². The maximum absolute atomic E-state index is 12.2. The van der Waals surface area contributed by atoms with E-state index in [1.807, 2.05) is 6.07 Å². The zero-order valence-corrected chi connectivity index (χ0v) is 12.4. The molecule has 3 nitrogen and oxygen atoms in total. The number of carbonyl (C=O) groups is 1. The van der Waals surface area contributed by atoms with Gasteiger partial charge in [0.2, 0.25) is 0 Å². The summed E-state index contributed by atoms with van der Waals surface area (Å²) in [6, 6.07) is 8.10. The summed E-state index contributed by atoms with van der Waals surface area (Å²) in [5, 5.41) is 10.1. The van der Waals surface area contributed by atoms with Crippen LogP contribution in [0.25, 0.3) is 0 Å². The van der Waals surface area contributed by atoms with E-state index >= 15 is 0 Å². The Balaban J connectivity index is 2.14. The first-order valence-electron chi connectivity index (χ1n) is 5.45. The fourth-order valence-corrected chi connectivity index (χ4v) is 2.94. The Morgan fingerprint density at radius 1 is 1.32 bits per heavy atom. The van der Waals surface area contributed by atoms with Crippen LogP contribution in [0.2, 0.25) is 9.36 Å². The van der Waals surface area contributed by atoms with Crippen LogP contribution in [-0.2, 0) is 6.54 Å². The second-order valence-electron chi connectivity index (χ2n) is 4.03. The number of benzene rings is 1. The highest BCUT2D eigenvalue weighted by atomic mass is 35.5. The number of halogens is 2. The van der Waals surface area contributed by atoms with Crippen molar-refractivity contribution in [2.24, 2.45) is 0 Å². The molecule has 2 rings (SSSR count). The van der Waals surface area contributed by atoms with Gasteiger partial charge in [0.15, 0.2) is 0 Å². The lowest BCUT2D eigenvalue weighted by Gasteiger charge is -2.17. The molecule has 1 aromatic carbocycles. The van der Waals surface area contributed by atoms with E-state index in [0.29, 0.717) is 15.9 Å². The van der Waals surface area contributed by atoms with Crippen molar-refractivity contribution in [1.82, 2.24) is 4.90 Å². The average molecular weight is 316 g/mol. The summed E-state index contributed by atoms with van der Waals surface area (Å²) >= 11 is 13.0. The number of aromatic hydroxyl groups is 1. The zero-order chi connectivity index (χ0) is 14.0. The number of phenols is 1. The van der Waals surface area contributed by atoms with E-state index < -0.39 is 0 Å². The van der Waals surface area contributed by atoms with Crippen LogP contribution in [0.1, 0.15) is 15.2 Å². The van der Waals surface area contributed by atoms with Crippen LogP contribution in [0.5, 0.6) is 5.75 Å². The molecule has 0 fully saturated rings. The van der Waals surface area contributed by atoms with Gasteiger partial charge in [-0.1, -0.05) is 23.2 Å². The van der Waals surface area contributed by atoms with Gasteiger partial charge in [0.05, 0.1) is 16.4 Å². The number of hydrogen-bond donors (Lipinski definition) is 1. The molecule has 0 saturated heterocycles. The fourth-order valence-electron chi connectivity index (χ4n) is 1.63. The van der Waals surface area contributed by atoms with Crippen LogP contribution in [0.3, 0.4) is 0 Å². The Morgan fingerprint density at radius 2 is 2.05 bits per heavy atom. The van der Waals surface area contributed by atoms with Gasteiger partial charge in [-0.05, 0) is 30.3 Å². The largest absolute Gasteiger partial charge is 0.507 e. The maximum atomic E-state index is 12.2. The molecule has 0 unspecified atom stereocenters. The minimum absolute atomic E-state index is 0.117. The second-order valence-corrected chi connectivity index (χ2v) is 6.26. The van der Waals surface area contributed by atoms with Crippen molar-refractivity contribution < 1.29 is 9.90 Å². The van der Waals surface area contributed by atoms with Crippen molar-refractivity contribution >= 4 is 40.4 Å². The molecule has 0 radical (unpaired) electrons. The molecule has 0 atom stereocenters. The van der Waals surface area contributed by atoms with Gasteiger partial charge in [-0.3, -0.25) is 4.79 Å². The first kappa shape index (κ1) is 14.2. The fraction of sp³-hybridized carbons (Fsp3) is 0.154. The monoisotopic (exact) mass is 315 g/mol. The molecule has 0 aliphatic rings. The topological polar surface area (TPSA) is 40.5 Å². The molecule has 1 aromatic heterocycles. The van der Waals surface area contributed by atoms with Crippen molar-refractivity contribution in [2.45, 2.75) is 6.54 Å². The Labute approximate surface area is 125 Å². The molecular weight excluding hydrogens is 305 g/mol. The molecule has 1 heterocycles. The van der Waals surface area contributed by atoms with Crippen molar-refractivity contribution in [1.29, 1.82) is 0 Å².